The third-order valence-corrected chi connectivity index (χ3v) is 4.22. The molecule has 1 heterocycles. The van der Waals surface area contributed by atoms with Gasteiger partial charge < -0.3 is 9.80 Å². The van der Waals surface area contributed by atoms with Crippen LogP contribution in [0.5, 0.6) is 0 Å². The molecule has 0 N–H and O–H groups in total. The summed E-state index contributed by atoms with van der Waals surface area (Å²) in [5.41, 5.74) is 0. The van der Waals surface area contributed by atoms with E-state index in [4.69, 9.17) is 0 Å². The fourth-order valence-corrected chi connectivity index (χ4v) is 3.07. The lowest BCUT2D eigenvalue weighted by Gasteiger charge is -2.33. The van der Waals surface area contributed by atoms with E-state index in [0.717, 1.165) is 12.2 Å². The highest BCUT2D eigenvalue weighted by Gasteiger charge is 2.28. The van der Waals surface area contributed by atoms with Crippen LogP contribution in [0.25, 0.3) is 0 Å². The number of nitrogens with zero attached hydrogens (tertiary/aromatic N) is 2. The van der Waals surface area contributed by atoms with E-state index in [1.54, 1.807) is 21.6 Å². The van der Waals surface area contributed by atoms with E-state index in [1.807, 2.05) is 25.1 Å². The minimum Gasteiger partial charge on any atom is -0.332 e. The van der Waals surface area contributed by atoms with Gasteiger partial charge in [-0.2, -0.15) is 0 Å². The van der Waals surface area contributed by atoms with Crippen molar-refractivity contribution >= 4 is 23.6 Å². The molecule has 1 aromatic carbocycles. The maximum Gasteiger partial charge on any atom is 0.242 e. The van der Waals surface area contributed by atoms with Crippen molar-refractivity contribution in [3.8, 4) is 0 Å². The summed E-state index contributed by atoms with van der Waals surface area (Å²) in [7, 11) is 0. The van der Waals surface area contributed by atoms with Gasteiger partial charge in [-0.05, 0) is 18.6 Å². The van der Waals surface area contributed by atoms with Crippen molar-refractivity contribution in [2.24, 2.45) is 0 Å². The fraction of sp³-hybridized carbons (Fsp3) is 0.467. The molecule has 0 aliphatic carbocycles. The van der Waals surface area contributed by atoms with Gasteiger partial charge in [0, 0.05) is 23.7 Å². The zero-order valence-electron chi connectivity index (χ0n) is 11.7. The number of thioether (sulfide) groups is 1. The Morgan fingerprint density at radius 1 is 1.00 bits per heavy atom. The van der Waals surface area contributed by atoms with Crippen LogP contribution in [0.4, 0.5) is 0 Å². The van der Waals surface area contributed by atoms with Crippen LogP contribution in [-0.2, 0) is 9.59 Å². The van der Waals surface area contributed by atoms with Gasteiger partial charge in [0.25, 0.3) is 0 Å². The molecule has 5 heteroatoms. The smallest absolute Gasteiger partial charge is 0.242 e. The molecule has 0 unspecified atom stereocenters. The quantitative estimate of drug-likeness (QED) is 0.752. The second-order valence-corrected chi connectivity index (χ2v) is 5.96. The number of hydrogen-bond donors (Lipinski definition) is 0. The normalized spacial score (nSPS) is 15.8. The Morgan fingerprint density at radius 3 is 2.20 bits per heavy atom. The van der Waals surface area contributed by atoms with Crippen LogP contribution in [0.15, 0.2) is 35.2 Å². The average Bonchev–Trinajstić information content (AvgIpc) is 2.45. The lowest BCUT2D eigenvalue weighted by Crippen LogP contribution is -2.54. The SMILES string of the molecule is CCCN1CC(=O)N(CCSc2ccccc2)CC1=O. The Balaban J connectivity index is 1.79. The number of benzene rings is 1. The Hall–Kier alpha value is -1.49. The lowest BCUT2D eigenvalue weighted by molar-refractivity contribution is -0.149. The Labute approximate surface area is 124 Å². The Bertz CT molecular complexity index is 464. The van der Waals surface area contributed by atoms with Gasteiger partial charge in [-0.25, -0.2) is 0 Å². The summed E-state index contributed by atoms with van der Waals surface area (Å²) < 4.78 is 0. The van der Waals surface area contributed by atoms with E-state index in [2.05, 4.69) is 12.1 Å². The predicted octanol–water partition coefficient (Wildman–Crippen LogP) is 1.86. The number of carbonyl (C=O) groups excluding carboxylic acids is 2. The first-order valence-corrected chi connectivity index (χ1v) is 7.92. The van der Waals surface area contributed by atoms with Crippen LogP contribution >= 0.6 is 11.8 Å². The fourth-order valence-electron chi connectivity index (χ4n) is 2.17. The van der Waals surface area contributed by atoms with Crippen LogP contribution in [0.2, 0.25) is 0 Å². The van der Waals surface area contributed by atoms with E-state index in [9.17, 15) is 9.59 Å². The minimum atomic E-state index is 0.0618. The molecular weight excluding hydrogens is 272 g/mol. The second-order valence-electron chi connectivity index (χ2n) is 4.79. The molecule has 2 amide bonds. The van der Waals surface area contributed by atoms with Gasteiger partial charge in [0.05, 0.1) is 13.1 Å². The van der Waals surface area contributed by atoms with Gasteiger partial charge in [0.2, 0.25) is 11.8 Å². The van der Waals surface area contributed by atoms with Crippen LogP contribution in [-0.4, -0.2) is 53.5 Å². The molecule has 20 heavy (non-hydrogen) atoms. The van der Waals surface area contributed by atoms with E-state index >= 15 is 0 Å². The van der Waals surface area contributed by atoms with Crippen molar-refractivity contribution < 1.29 is 9.59 Å². The van der Waals surface area contributed by atoms with Gasteiger partial charge in [0.15, 0.2) is 0 Å². The highest BCUT2D eigenvalue weighted by Crippen LogP contribution is 2.17. The molecule has 0 atom stereocenters. The largest absolute Gasteiger partial charge is 0.332 e. The van der Waals surface area contributed by atoms with Gasteiger partial charge >= 0.3 is 0 Å². The third kappa shape index (κ3) is 4.00. The molecule has 0 bridgehead atoms. The Kier molecular flexibility index (Phi) is 5.47. The van der Waals surface area contributed by atoms with Crippen molar-refractivity contribution in [1.82, 2.24) is 9.80 Å². The van der Waals surface area contributed by atoms with Gasteiger partial charge in [0.1, 0.15) is 0 Å². The molecule has 1 aliphatic rings. The maximum atomic E-state index is 12.0. The van der Waals surface area contributed by atoms with Crippen LogP contribution < -0.4 is 0 Å². The zero-order valence-corrected chi connectivity index (χ0v) is 12.6. The molecule has 0 aromatic heterocycles. The highest BCUT2D eigenvalue weighted by molar-refractivity contribution is 7.99. The van der Waals surface area contributed by atoms with E-state index in [1.165, 1.54) is 4.90 Å². The third-order valence-electron chi connectivity index (χ3n) is 3.22. The molecule has 2 rings (SSSR count). The summed E-state index contributed by atoms with van der Waals surface area (Å²) in [4.78, 5) is 28.4. The molecule has 1 aliphatic heterocycles. The lowest BCUT2D eigenvalue weighted by atomic mass is 10.3. The van der Waals surface area contributed by atoms with Crippen molar-refractivity contribution in [3.05, 3.63) is 30.3 Å². The molecule has 0 spiro atoms. The van der Waals surface area contributed by atoms with Gasteiger partial charge in [-0.1, -0.05) is 25.1 Å². The van der Waals surface area contributed by atoms with Gasteiger partial charge in [-0.3, -0.25) is 9.59 Å². The van der Waals surface area contributed by atoms with Crippen LogP contribution in [0, 0.1) is 0 Å². The monoisotopic (exact) mass is 292 g/mol. The number of amides is 2. The topological polar surface area (TPSA) is 40.6 Å². The number of piperazine rings is 1. The van der Waals surface area contributed by atoms with Crippen molar-refractivity contribution in [3.63, 3.8) is 0 Å². The van der Waals surface area contributed by atoms with Gasteiger partial charge in [-0.15, -0.1) is 11.8 Å². The highest BCUT2D eigenvalue weighted by atomic mass is 32.2. The molecule has 0 saturated carbocycles. The zero-order chi connectivity index (χ0) is 14.4. The summed E-state index contributed by atoms with van der Waals surface area (Å²) in [6.07, 6.45) is 0.892. The molecule has 1 aromatic rings. The second kappa shape index (κ2) is 7.33. The van der Waals surface area contributed by atoms with Crippen molar-refractivity contribution in [1.29, 1.82) is 0 Å². The summed E-state index contributed by atoms with van der Waals surface area (Å²) in [5, 5.41) is 0. The van der Waals surface area contributed by atoms with E-state index in [0.29, 0.717) is 13.1 Å². The summed E-state index contributed by atoms with van der Waals surface area (Å²) in [6.45, 7) is 3.79. The molecule has 4 nitrogen and oxygen atoms in total. The van der Waals surface area contributed by atoms with E-state index < -0.39 is 0 Å². The number of carbonyl (C=O) groups is 2. The first-order valence-electron chi connectivity index (χ1n) is 6.94. The first-order chi connectivity index (χ1) is 9.70. The maximum absolute atomic E-state index is 12.0. The van der Waals surface area contributed by atoms with Crippen molar-refractivity contribution in [2.75, 3.05) is 31.9 Å². The molecule has 0 radical (unpaired) electrons. The molecule has 1 saturated heterocycles. The minimum absolute atomic E-state index is 0.0618. The van der Waals surface area contributed by atoms with E-state index in [-0.39, 0.29) is 24.9 Å². The molecule has 108 valence electrons. The van der Waals surface area contributed by atoms with Crippen LogP contribution in [0.3, 0.4) is 0 Å². The van der Waals surface area contributed by atoms with Crippen molar-refractivity contribution in [2.45, 2.75) is 18.2 Å². The number of rotatable bonds is 6. The summed E-state index contributed by atoms with van der Waals surface area (Å²) in [6, 6.07) is 10.1. The molecule has 1 fully saturated rings. The predicted molar refractivity (Wildman–Crippen MR) is 80.6 cm³/mol. The summed E-state index contributed by atoms with van der Waals surface area (Å²) >= 11 is 1.71. The summed E-state index contributed by atoms with van der Waals surface area (Å²) in [5.74, 6) is 0.944. The Morgan fingerprint density at radius 2 is 1.60 bits per heavy atom. The standard InChI is InChI=1S/C15H20N2O2S/c1-2-8-16-11-15(19)17(12-14(16)18)9-10-20-13-6-4-3-5-7-13/h3-7H,2,8-12H2,1H3. The molecular formula is C15H20N2O2S. The average molecular weight is 292 g/mol. The first kappa shape index (κ1) is 14.9. The number of hydrogen-bond acceptors (Lipinski definition) is 3. The van der Waals surface area contributed by atoms with Crippen LogP contribution in [0.1, 0.15) is 13.3 Å².